The number of nitrogens with two attached hydrogens (primary N) is 1. The minimum atomic E-state index is -0.702. The van der Waals surface area contributed by atoms with Crippen molar-refractivity contribution in [2.24, 2.45) is 10.8 Å². The first-order valence-electron chi connectivity index (χ1n) is 8.45. The standard InChI is InChI=1S/C20H21N5O/c1-2-15-8-10-17(11-9-15)19-18(12-22-23-20(21)26)14-25(24-19)13-16-6-4-3-5-7-16/h3-12,14H,2,13H2,1H3,(H3,21,23,26)/b22-12-. The molecule has 0 fully saturated rings. The summed E-state index contributed by atoms with van der Waals surface area (Å²) in [5, 5.41) is 8.59. The maximum absolute atomic E-state index is 10.8. The van der Waals surface area contributed by atoms with E-state index in [1.54, 1.807) is 6.21 Å². The minimum Gasteiger partial charge on any atom is -0.350 e. The van der Waals surface area contributed by atoms with Crippen molar-refractivity contribution in [3.63, 3.8) is 0 Å². The number of hydrogen-bond donors (Lipinski definition) is 2. The Morgan fingerprint density at radius 2 is 1.88 bits per heavy atom. The van der Waals surface area contributed by atoms with Crippen molar-refractivity contribution in [3.05, 3.63) is 77.5 Å². The summed E-state index contributed by atoms with van der Waals surface area (Å²) >= 11 is 0. The first-order valence-corrected chi connectivity index (χ1v) is 8.45. The Labute approximate surface area is 152 Å². The normalized spacial score (nSPS) is 11.0. The molecule has 3 aromatic rings. The fourth-order valence-electron chi connectivity index (χ4n) is 2.67. The van der Waals surface area contributed by atoms with Crippen molar-refractivity contribution >= 4 is 12.2 Å². The van der Waals surface area contributed by atoms with Crippen LogP contribution in [0.4, 0.5) is 4.79 Å². The molecular formula is C20H21N5O. The fraction of sp³-hybridized carbons (Fsp3) is 0.150. The van der Waals surface area contributed by atoms with E-state index in [1.807, 2.05) is 41.2 Å². The van der Waals surface area contributed by atoms with Crippen molar-refractivity contribution in [2.75, 3.05) is 0 Å². The molecule has 0 spiro atoms. The van der Waals surface area contributed by atoms with E-state index in [1.165, 1.54) is 5.56 Å². The summed E-state index contributed by atoms with van der Waals surface area (Å²) < 4.78 is 1.87. The van der Waals surface area contributed by atoms with Gasteiger partial charge in [-0.15, -0.1) is 0 Å². The second kappa shape index (κ2) is 8.11. The summed E-state index contributed by atoms with van der Waals surface area (Å²) in [5.74, 6) is 0. The zero-order chi connectivity index (χ0) is 18.4. The van der Waals surface area contributed by atoms with Gasteiger partial charge in [0.25, 0.3) is 0 Å². The Balaban J connectivity index is 1.93. The van der Waals surface area contributed by atoms with Crippen LogP contribution in [-0.2, 0) is 13.0 Å². The minimum absolute atomic E-state index is 0.651. The third-order valence-corrected chi connectivity index (χ3v) is 3.99. The number of urea groups is 1. The Morgan fingerprint density at radius 3 is 2.54 bits per heavy atom. The number of hydrazone groups is 1. The summed E-state index contributed by atoms with van der Waals surface area (Å²) in [5.41, 5.74) is 12.3. The molecule has 1 aromatic heterocycles. The number of benzene rings is 2. The topological polar surface area (TPSA) is 85.3 Å². The van der Waals surface area contributed by atoms with Gasteiger partial charge in [0.2, 0.25) is 0 Å². The van der Waals surface area contributed by atoms with Gasteiger partial charge in [0.05, 0.1) is 12.8 Å². The largest absolute Gasteiger partial charge is 0.350 e. The molecule has 3 rings (SSSR count). The highest BCUT2D eigenvalue weighted by molar-refractivity contribution is 5.89. The average molecular weight is 347 g/mol. The summed E-state index contributed by atoms with van der Waals surface area (Å²) in [4.78, 5) is 10.8. The smallest absolute Gasteiger partial charge is 0.332 e. The van der Waals surface area contributed by atoms with E-state index >= 15 is 0 Å². The van der Waals surface area contributed by atoms with E-state index in [9.17, 15) is 4.79 Å². The SMILES string of the molecule is CCc1ccc(-c2nn(Cc3ccccc3)cc2/C=N\NC(N)=O)cc1. The van der Waals surface area contributed by atoms with Crippen molar-refractivity contribution in [3.8, 4) is 11.3 Å². The third kappa shape index (κ3) is 4.36. The van der Waals surface area contributed by atoms with Crippen LogP contribution in [0.3, 0.4) is 0 Å². The molecule has 0 saturated heterocycles. The second-order valence-corrected chi connectivity index (χ2v) is 5.90. The van der Waals surface area contributed by atoms with Gasteiger partial charge >= 0.3 is 6.03 Å². The molecule has 0 aliphatic heterocycles. The number of hydrogen-bond acceptors (Lipinski definition) is 3. The lowest BCUT2D eigenvalue weighted by atomic mass is 10.1. The van der Waals surface area contributed by atoms with Crippen molar-refractivity contribution in [2.45, 2.75) is 19.9 Å². The van der Waals surface area contributed by atoms with Gasteiger partial charge in [0, 0.05) is 17.3 Å². The van der Waals surface area contributed by atoms with Crippen LogP contribution in [0.25, 0.3) is 11.3 Å². The molecule has 1 heterocycles. The predicted octanol–water partition coefficient (Wildman–Crippen LogP) is 3.16. The second-order valence-electron chi connectivity index (χ2n) is 5.90. The van der Waals surface area contributed by atoms with Crippen LogP contribution >= 0.6 is 0 Å². The number of carbonyl (C=O) groups is 1. The number of carbonyl (C=O) groups excluding carboxylic acids is 1. The van der Waals surface area contributed by atoms with Crippen LogP contribution in [0.2, 0.25) is 0 Å². The lowest BCUT2D eigenvalue weighted by Crippen LogP contribution is -2.24. The molecule has 0 atom stereocenters. The van der Waals surface area contributed by atoms with Gasteiger partial charge in [0.1, 0.15) is 5.69 Å². The molecule has 3 N–H and O–H groups in total. The Kier molecular flexibility index (Phi) is 5.43. The average Bonchev–Trinajstić information content (AvgIpc) is 3.05. The van der Waals surface area contributed by atoms with E-state index in [0.29, 0.717) is 6.54 Å². The molecule has 132 valence electrons. The fourth-order valence-corrected chi connectivity index (χ4v) is 2.67. The summed E-state index contributed by atoms with van der Waals surface area (Å²) in [7, 11) is 0. The molecule has 0 bridgehead atoms. The van der Waals surface area contributed by atoms with Gasteiger partial charge in [-0.2, -0.15) is 10.2 Å². The van der Waals surface area contributed by atoms with E-state index < -0.39 is 6.03 Å². The molecule has 0 unspecified atom stereocenters. The van der Waals surface area contributed by atoms with Crippen LogP contribution in [0.15, 0.2) is 65.9 Å². The molecule has 6 nitrogen and oxygen atoms in total. The van der Waals surface area contributed by atoms with Crippen LogP contribution in [0.5, 0.6) is 0 Å². The van der Waals surface area contributed by atoms with Gasteiger partial charge in [-0.1, -0.05) is 61.5 Å². The zero-order valence-corrected chi connectivity index (χ0v) is 14.6. The quantitative estimate of drug-likeness (QED) is 0.530. The molecule has 0 aliphatic rings. The number of rotatable bonds is 6. The maximum Gasteiger partial charge on any atom is 0.332 e. The number of aryl methyl sites for hydroxylation is 1. The Morgan fingerprint density at radius 1 is 1.15 bits per heavy atom. The van der Waals surface area contributed by atoms with Gasteiger partial charge in [-0.3, -0.25) is 4.68 Å². The maximum atomic E-state index is 10.8. The molecule has 26 heavy (non-hydrogen) atoms. The van der Waals surface area contributed by atoms with Gasteiger partial charge < -0.3 is 5.73 Å². The van der Waals surface area contributed by atoms with Crippen molar-refractivity contribution in [1.29, 1.82) is 0 Å². The molecule has 0 radical (unpaired) electrons. The predicted molar refractivity (Wildman–Crippen MR) is 103 cm³/mol. The zero-order valence-electron chi connectivity index (χ0n) is 14.6. The molecule has 2 amide bonds. The lowest BCUT2D eigenvalue weighted by molar-refractivity contribution is 0.249. The number of nitrogens with one attached hydrogen (secondary N) is 1. The summed E-state index contributed by atoms with van der Waals surface area (Å²) in [6.07, 6.45) is 4.45. The number of primary amides is 1. The van der Waals surface area contributed by atoms with Crippen LogP contribution in [-0.4, -0.2) is 22.0 Å². The molecule has 0 aliphatic carbocycles. The van der Waals surface area contributed by atoms with Crippen molar-refractivity contribution < 1.29 is 4.79 Å². The van der Waals surface area contributed by atoms with E-state index in [4.69, 9.17) is 10.8 Å². The molecular weight excluding hydrogens is 326 g/mol. The van der Waals surface area contributed by atoms with Gasteiger partial charge in [0.15, 0.2) is 0 Å². The molecule has 6 heteroatoms. The van der Waals surface area contributed by atoms with Crippen LogP contribution in [0, 0.1) is 0 Å². The van der Waals surface area contributed by atoms with Gasteiger partial charge in [-0.25, -0.2) is 10.2 Å². The highest BCUT2D eigenvalue weighted by atomic mass is 16.2. The van der Waals surface area contributed by atoms with E-state index in [2.05, 4.69) is 41.7 Å². The number of aromatic nitrogens is 2. The van der Waals surface area contributed by atoms with E-state index in [-0.39, 0.29) is 0 Å². The van der Waals surface area contributed by atoms with Crippen molar-refractivity contribution in [1.82, 2.24) is 15.2 Å². The van der Waals surface area contributed by atoms with Crippen LogP contribution in [0.1, 0.15) is 23.6 Å². The highest BCUT2D eigenvalue weighted by Gasteiger charge is 2.10. The first-order chi connectivity index (χ1) is 12.7. The van der Waals surface area contributed by atoms with Crippen LogP contribution < -0.4 is 11.2 Å². The number of nitrogens with zero attached hydrogens (tertiary/aromatic N) is 3. The number of amides is 2. The molecule has 2 aromatic carbocycles. The Hall–Kier alpha value is -3.41. The Bertz CT molecular complexity index is 898. The van der Waals surface area contributed by atoms with Gasteiger partial charge in [-0.05, 0) is 17.5 Å². The first kappa shape index (κ1) is 17.4. The molecule has 0 saturated carbocycles. The highest BCUT2D eigenvalue weighted by Crippen LogP contribution is 2.22. The third-order valence-electron chi connectivity index (χ3n) is 3.99. The summed E-state index contributed by atoms with van der Waals surface area (Å²) in [6, 6.07) is 17.7. The van der Waals surface area contributed by atoms with E-state index in [0.717, 1.165) is 28.8 Å². The lowest BCUT2D eigenvalue weighted by Gasteiger charge is -2.02. The summed E-state index contributed by atoms with van der Waals surface area (Å²) in [6.45, 7) is 2.77. The monoisotopic (exact) mass is 347 g/mol.